The normalized spacial score (nSPS) is 13.5. The summed E-state index contributed by atoms with van der Waals surface area (Å²) in [7, 11) is 0. The third kappa shape index (κ3) is 0.307. The Balaban J connectivity index is 3.08. The van der Waals surface area contributed by atoms with Crippen LogP contribution in [0.4, 0.5) is 0 Å². The van der Waals surface area contributed by atoms with Crippen LogP contribution in [0, 0.1) is 0 Å². The molecule has 0 saturated carbocycles. The molecule has 8 heavy (non-hydrogen) atoms. The average Bonchev–Trinajstić information content (AvgIpc) is 2.15. The van der Waals surface area contributed by atoms with Crippen molar-refractivity contribution in [2.75, 3.05) is 0 Å². The second-order valence-electron chi connectivity index (χ2n) is 1.65. The van der Waals surface area contributed by atoms with Gasteiger partial charge in [0.1, 0.15) is 0 Å². The van der Waals surface area contributed by atoms with E-state index in [9.17, 15) is 0 Å². The van der Waals surface area contributed by atoms with Gasteiger partial charge in [0, 0.05) is 11.4 Å². The van der Waals surface area contributed by atoms with Crippen LogP contribution in [-0.4, -0.2) is 10.2 Å². The standard InChI is InChI=1S/C5H4N3/c1-4-2-7-8-5(4)3-6-1/h1-3,8H. The maximum absolute atomic E-state index is 3.89. The highest BCUT2D eigenvalue weighted by Gasteiger charge is 1.91. The number of aromatic amines is 1. The monoisotopic (exact) mass is 106 g/mol. The Morgan fingerprint density at radius 1 is 1.38 bits per heavy atom. The van der Waals surface area contributed by atoms with Crippen molar-refractivity contribution in [1.29, 1.82) is 0 Å². The predicted molar refractivity (Wildman–Crippen MR) is 28.9 cm³/mol. The van der Waals surface area contributed by atoms with Gasteiger partial charge in [-0.3, -0.25) is 10.4 Å². The fourth-order valence-electron chi connectivity index (χ4n) is 0.704. The minimum Gasteiger partial charge on any atom is -0.276 e. The van der Waals surface area contributed by atoms with Crippen LogP contribution in [0.1, 0.15) is 0 Å². The number of hydrogen-bond acceptors (Lipinski definition) is 1. The molecular weight excluding hydrogens is 102 g/mol. The minimum absolute atomic E-state index is 1.00. The quantitative estimate of drug-likeness (QED) is 0.430. The molecule has 1 radical (unpaired) electrons. The Bertz CT molecular complexity index is 267. The first kappa shape index (κ1) is 3.72. The summed E-state index contributed by atoms with van der Waals surface area (Å²) in [4.78, 5) is 0. The summed E-state index contributed by atoms with van der Waals surface area (Å²) >= 11 is 0. The summed E-state index contributed by atoms with van der Waals surface area (Å²) in [6, 6.07) is 0. The third-order valence-electron chi connectivity index (χ3n) is 1.12. The zero-order valence-electron chi connectivity index (χ0n) is 4.13. The molecule has 0 spiro atoms. The average molecular weight is 106 g/mol. The van der Waals surface area contributed by atoms with Crippen LogP contribution < -0.4 is 15.9 Å². The van der Waals surface area contributed by atoms with Gasteiger partial charge in [-0.2, -0.15) is 5.10 Å². The van der Waals surface area contributed by atoms with Gasteiger partial charge in [0.25, 0.3) is 0 Å². The predicted octanol–water partition coefficient (Wildman–Crippen LogP) is -1.50. The molecule has 0 fully saturated rings. The smallest absolute Gasteiger partial charge is 0.0848 e. The Kier molecular flexibility index (Phi) is 0.521. The fourth-order valence-corrected chi connectivity index (χ4v) is 0.704. The Morgan fingerprint density at radius 3 is 3.25 bits per heavy atom. The van der Waals surface area contributed by atoms with Crippen molar-refractivity contribution in [3.63, 3.8) is 0 Å². The number of aromatic nitrogens is 2. The summed E-state index contributed by atoms with van der Waals surface area (Å²) in [6.45, 7) is 0. The molecule has 0 unspecified atom stereocenters. The van der Waals surface area contributed by atoms with Gasteiger partial charge >= 0.3 is 0 Å². The van der Waals surface area contributed by atoms with E-state index in [1.807, 2.05) is 0 Å². The van der Waals surface area contributed by atoms with Crippen LogP contribution in [0.3, 0.4) is 0 Å². The number of fused-ring (bicyclic) bond motifs is 1. The number of nitrogens with one attached hydrogen (secondary N) is 1. The number of rotatable bonds is 0. The van der Waals surface area contributed by atoms with E-state index in [-0.39, 0.29) is 0 Å². The molecule has 1 N–H and O–H groups in total. The molecule has 0 amide bonds. The minimum atomic E-state index is 1.00. The SMILES string of the molecule is C1=c2cn[nH]c2=C[N]1. The Hall–Kier alpha value is -1.25. The van der Waals surface area contributed by atoms with Gasteiger partial charge in [0.15, 0.2) is 0 Å². The first-order chi connectivity index (χ1) is 3.97. The van der Waals surface area contributed by atoms with Gasteiger partial charge in [0.05, 0.1) is 17.7 Å². The summed E-state index contributed by atoms with van der Waals surface area (Å²) in [5.41, 5.74) is 0. The highest BCUT2D eigenvalue weighted by Crippen LogP contribution is 1.68. The van der Waals surface area contributed by atoms with Gasteiger partial charge in [0.2, 0.25) is 0 Å². The van der Waals surface area contributed by atoms with E-state index in [1.54, 1.807) is 18.6 Å². The molecule has 2 heterocycles. The molecule has 0 atom stereocenters. The lowest BCUT2D eigenvalue weighted by molar-refractivity contribution is 1.06. The molecule has 0 aliphatic carbocycles. The summed E-state index contributed by atoms with van der Waals surface area (Å²) in [5, 5.41) is 12.6. The van der Waals surface area contributed by atoms with Crippen LogP contribution in [0.5, 0.6) is 0 Å². The lowest BCUT2D eigenvalue weighted by Gasteiger charge is -1.68. The van der Waals surface area contributed by atoms with Crippen molar-refractivity contribution in [1.82, 2.24) is 15.5 Å². The maximum atomic E-state index is 3.89. The van der Waals surface area contributed by atoms with Crippen molar-refractivity contribution in [2.24, 2.45) is 0 Å². The van der Waals surface area contributed by atoms with E-state index < -0.39 is 0 Å². The summed E-state index contributed by atoms with van der Waals surface area (Å²) < 4.78 is 0. The molecule has 0 bridgehead atoms. The van der Waals surface area contributed by atoms with E-state index in [1.165, 1.54) is 0 Å². The highest BCUT2D eigenvalue weighted by atomic mass is 15.1. The van der Waals surface area contributed by atoms with Gasteiger partial charge in [-0.25, -0.2) is 0 Å². The van der Waals surface area contributed by atoms with Gasteiger partial charge in [-0.1, -0.05) is 0 Å². The second kappa shape index (κ2) is 1.12. The van der Waals surface area contributed by atoms with Crippen LogP contribution in [-0.2, 0) is 0 Å². The highest BCUT2D eigenvalue weighted by molar-refractivity contribution is 5.38. The van der Waals surface area contributed by atoms with Crippen molar-refractivity contribution in [3.05, 3.63) is 16.8 Å². The fraction of sp³-hybridized carbons (Fsp3) is 0. The van der Waals surface area contributed by atoms with Gasteiger partial charge in [-0.15, -0.1) is 0 Å². The zero-order chi connectivity index (χ0) is 5.40. The molecule has 3 nitrogen and oxygen atoms in total. The topological polar surface area (TPSA) is 42.8 Å². The molecule has 1 aliphatic heterocycles. The summed E-state index contributed by atoms with van der Waals surface area (Å²) in [6.07, 6.45) is 5.28. The van der Waals surface area contributed by atoms with Crippen molar-refractivity contribution < 1.29 is 0 Å². The van der Waals surface area contributed by atoms with Crippen molar-refractivity contribution in [2.45, 2.75) is 0 Å². The molecular formula is C5H4N3. The van der Waals surface area contributed by atoms with E-state index >= 15 is 0 Å². The van der Waals surface area contributed by atoms with Crippen LogP contribution in [0.25, 0.3) is 12.4 Å². The largest absolute Gasteiger partial charge is 0.276 e. The van der Waals surface area contributed by atoms with Crippen molar-refractivity contribution >= 4 is 12.4 Å². The molecule has 0 saturated heterocycles. The second-order valence-corrected chi connectivity index (χ2v) is 1.65. The van der Waals surface area contributed by atoms with E-state index in [4.69, 9.17) is 0 Å². The molecule has 39 valence electrons. The van der Waals surface area contributed by atoms with E-state index in [0.717, 1.165) is 10.6 Å². The first-order valence-electron chi connectivity index (χ1n) is 2.36. The lowest BCUT2D eigenvalue weighted by atomic mass is 10.5. The van der Waals surface area contributed by atoms with Gasteiger partial charge in [-0.05, 0) is 0 Å². The maximum Gasteiger partial charge on any atom is 0.0848 e. The zero-order valence-corrected chi connectivity index (χ0v) is 4.13. The lowest BCUT2D eigenvalue weighted by Crippen LogP contribution is -2.17. The van der Waals surface area contributed by atoms with Crippen LogP contribution in [0.2, 0.25) is 0 Å². The third-order valence-corrected chi connectivity index (χ3v) is 1.12. The number of hydrogen-bond donors (Lipinski definition) is 1. The Labute approximate surface area is 45.7 Å². The van der Waals surface area contributed by atoms with E-state index in [2.05, 4.69) is 15.5 Å². The van der Waals surface area contributed by atoms with Gasteiger partial charge < -0.3 is 0 Å². The molecule has 3 heteroatoms. The van der Waals surface area contributed by atoms with E-state index in [0.29, 0.717) is 0 Å². The molecule has 2 rings (SSSR count). The summed E-state index contributed by atoms with van der Waals surface area (Å²) in [5.74, 6) is 0. The molecule has 1 aromatic rings. The molecule has 1 aromatic heterocycles. The molecule has 0 aromatic carbocycles. The number of H-pyrrole nitrogens is 1. The number of nitrogens with zero attached hydrogens (tertiary/aromatic N) is 2. The molecule has 1 aliphatic rings. The van der Waals surface area contributed by atoms with Crippen LogP contribution >= 0.6 is 0 Å². The van der Waals surface area contributed by atoms with Crippen LogP contribution in [0.15, 0.2) is 6.20 Å². The Morgan fingerprint density at radius 2 is 2.38 bits per heavy atom. The van der Waals surface area contributed by atoms with Crippen molar-refractivity contribution in [3.8, 4) is 0 Å². The first-order valence-corrected chi connectivity index (χ1v) is 2.36.